The molecule has 1 fully saturated rings. The quantitative estimate of drug-likeness (QED) is 0.914. The van der Waals surface area contributed by atoms with Crippen molar-refractivity contribution in [1.29, 1.82) is 0 Å². The Labute approximate surface area is 110 Å². The maximum atomic E-state index is 10.7. The van der Waals surface area contributed by atoms with Crippen LogP contribution in [0.25, 0.3) is 0 Å². The fraction of sp³-hybridized carbons (Fsp3) is 0.462. The molecule has 1 N–H and O–H groups in total. The number of hydrogen-bond donors (Lipinski definition) is 1. The SMILES string of the molecule is Cc1ccc(OCC2CCC(C(=O)O)O2)c(Cl)c1. The van der Waals surface area contributed by atoms with Crippen molar-refractivity contribution < 1.29 is 19.4 Å². The monoisotopic (exact) mass is 270 g/mol. The molecule has 1 aliphatic rings. The van der Waals surface area contributed by atoms with Crippen molar-refractivity contribution in [3.8, 4) is 5.75 Å². The maximum Gasteiger partial charge on any atom is 0.332 e. The molecule has 98 valence electrons. The molecule has 0 aliphatic carbocycles. The standard InChI is InChI=1S/C13H15ClO4/c1-8-2-4-11(10(14)6-8)17-7-9-3-5-12(18-9)13(15)16/h2,4,6,9,12H,3,5,7H2,1H3,(H,15,16). The van der Waals surface area contributed by atoms with Crippen LogP contribution in [0.2, 0.25) is 5.02 Å². The Hall–Kier alpha value is -1.26. The molecule has 2 atom stereocenters. The third-order valence-electron chi connectivity index (χ3n) is 2.90. The van der Waals surface area contributed by atoms with Gasteiger partial charge in [0.25, 0.3) is 0 Å². The van der Waals surface area contributed by atoms with Crippen molar-refractivity contribution in [3.05, 3.63) is 28.8 Å². The van der Waals surface area contributed by atoms with Gasteiger partial charge in [-0.1, -0.05) is 17.7 Å². The smallest absolute Gasteiger partial charge is 0.332 e. The summed E-state index contributed by atoms with van der Waals surface area (Å²) in [6, 6.07) is 5.55. The number of carboxylic acid groups (broad SMARTS) is 1. The molecule has 1 aromatic rings. The van der Waals surface area contributed by atoms with Gasteiger partial charge in [0.05, 0.1) is 11.1 Å². The van der Waals surface area contributed by atoms with Crippen molar-refractivity contribution >= 4 is 17.6 Å². The lowest BCUT2D eigenvalue weighted by atomic mass is 10.2. The predicted molar refractivity (Wildman–Crippen MR) is 67.2 cm³/mol. The highest BCUT2D eigenvalue weighted by atomic mass is 35.5. The molecule has 0 radical (unpaired) electrons. The number of hydrogen-bond acceptors (Lipinski definition) is 3. The van der Waals surface area contributed by atoms with E-state index in [0.29, 0.717) is 30.2 Å². The first-order chi connectivity index (χ1) is 8.56. The first-order valence-electron chi connectivity index (χ1n) is 5.83. The van der Waals surface area contributed by atoms with E-state index in [0.717, 1.165) is 5.56 Å². The van der Waals surface area contributed by atoms with Crippen LogP contribution in [0.3, 0.4) is 0 Å². The molecule has 0 spiro atoms. The van der Waals surface area contributed by atoms with Crippen LogP contribution < -0.4 is 4.74 Å². The van der Waals surface area contributed by atoms with Crippen LogP contribution in [-0.2, 0) is 9.53 Å². The summed E-state index contributed by atoms with van der Waals surface area (Å²) in [6.07, 6.45) is 0.349. The molecule has 0 bridgehead atoms. The molecule has 2 rings (SSSR count). The van der Waals surface area contributed by atoms with E-state index in [-0.39, 0.29) is 6.10 Å². The Morgan fingerprint density at radius 1 is 1.56 bits per heavy atom. The number of benzene rings is 1. The van der Waals surface area contributed by atoms with Crippen LogP contribution in [-0.4, -0.2) is 29.9 Å². The Morgan fingerprint density at radius 2 is 2.33 bits per heavy atom. The summed E-state index contributed by atoms with van der Waals surface area (Å²) in [7, 11) is 0. The Kier molecular flexibility index (Phi) is 4.09. The number of aryl methyl sites for hydroxylation is 1. The average Bonchev–Trinajstić information content (AvgIpc) is 2.76. The van der Waals surface area contributed by atoms with Crippen LogP contribution in [0.5, 0.6) is 5.75 Å². The van der Waals surface area contributed by atoms with Gasteiger partial charge >= 0.3 is 5.97 Å². The van der Waals surface area contributed by atoms with E-state index in [1.165, 1.54) is 0 Å². The van der Waals surface area contributed by atoms with E-state index in [1.807, 2.05) is 19.1 Å². The van der Waals surface area contributed by atoms with Crippen molar-refractivity contribution in [1.82, 2.24) is 0 Å². The third-order valence-corrected chi connectivity index (χ3v) is 3.19. The molecule has 1 saturated heterocycles. The van der Waals surface area contributed by atoms with Gasteiger partial charge in [-0.25, -0.2) is 4.79 Å². The fourth-order valence-electron chi connectivity index (χ4n) is 1.92. The highest BCUT2D eigenvalue weighted by Crippen LogP contribution is 2.27. The number of carbonyl (C=O) groups is 1. The van der Waals surface area contributed by atoms with E-state index in [4.69, 9.17) is 26.2 Å². The lowest BCUT2D eigenvalue weighted by Gasteiger charge is -2.13. The van der Waals surface area contributed by atoms with Crippen molar-refractivity contribution in [2.24, 2.45) is 0 Å². The van der Waals surface area contributed by atoms with E-state index >= 15 is 0 Å². The third kappa shape index (κ3) is 3.15. The topological polar surface area (TPSA) is 55.8 Å². The minimum atomic E-state index is -0.911. The normalized spacial score (nSPS) is 23.0. The van der Waals surface area contributed by atoms with Crippen LogP contribution >= 0.6 is 11.6 Å². The minimum absolute atomic E-state index is 0.177. The Balaban J connectivity index is 1.87. The van der Waals surface area contributed by atoms with Crippen LogP contribution in [0.1, 0.15) is 18.4 Å². The molecule has 1 aromatic carbocycles. The number of aliphatic carboxylic acids is 1. The van der Waals surface area contributed by atoms with Crippen molar-refractivity contribution in [2.45, 2.75) is 32.0 Å². The molecule has 18 heavy (non-hydrogen) atoms. The maximum absolute atomic E-state index is 10.7. The summed E-state index contributed by atoms with van der Waals surface area (Å²) in [4.78, 5) is 10.7. The van der Waals surface area contributed by atoms with Crippen molar-refractivity contribution in [2.75, 3.05) is 6.61 Å². The second-order valence-corrected chi connectivity index (χ2v) is 4.81. The van der Waals surface area contributed by atoms with Gasteiger partial charge in [-0.2, -0.15) is 0 Å². The minimum Gasteiger partial charge on any atom is -0.489 e. The van der Waals surface area contributed by atoms with Crippen LogP contribution in [0.15, 0.2) is 18.2 Å². The van der Waals surface area contributed by atoms with Gasteiger partial charge in [0, 0.05) is 0 Å². The first kappa shape index (κ1) is 13.2. The summed E-state index contributed by atoms with van der Waals surface area (Å²) in [5, 5.41) is 9.36. The number of ether oxygens (including phenoxy) is 2. The van der Waals surface area contributed by atoms with Gasteiger partial charge in [0.2, 0.25) is 0 Å². The molecule has 0 amide bonds. The second kappa shape index (κ2) is 5.59. The average molecular weight is 271 g/mol. The molecule has 1 heterocycles. The van der Waals surface area contributed by atoms with Crippen molar-refractivity contribution in [3.63, 3.8) is 0 Å². The molecule has 4 nitrogen and oxygen atoms in total. The summed E-state index contributed by atoms with van der Waals surface area (Å²) in [5.41, 5.74) is 1.07. The highest BCUT2D eigenvalue weighted by molar-refractivity contribution is 6.32. The Bertz CT molecular complexity index is 447. The summed E-state index contributed by atoms with van der Waals surface area (Å²) in [5.74, 6) is -0.310. The molecule has 5 heteroatoms. The molecule has 0 saturated carbocycles. The lowest BCUT2D eigenvalue weighted by Crippen LogP contribution is -2.23. The largest absolute Gasteiger partial charge is 0.489 e. The van der Waals surface area contributed by atoms with E-state index in [9.17, 15) is 4.79 Å². The zero-order chi connectivity index (χ0) is 13.1. The molecule has 2 unspecified atom stereocenters. The van der Waals surface area contributed by atoms with Gasteiger partial charge in [0.1, 0.15) is 12.4 Å². The van der Waals surface area contributed by atoms with E-state index in [1.54, 1.807) is 6.07 Å². The van der Waals surface area contributed by atoms with Gasteiger partial charge in [-0.05, 0) is 37.5 Å². The second-order valence-electron chi connectivity index (χ2n) is 4.41. The molecular weight excluding hydrogens is 256 g/mol. The van der Waals surface area contributed by atoms with Gasteiger partial charge < -0.3 is 14.6 Å². The number of carboxylic acids is 1. The predicted octanol–water partition coefficient (Wildman–Crippen LogP) is 2.66. The zero-order valence-corrected chi connectivity index (χ0v) is 10.8. The molecule has 1 aliphatic heterocycles. The summed E-state index contributed by atoms with van der Waals surface area (Å²) < 4.78 is 10.9. The van der Waals surface area contributed by atoms with Crippen LogP contribution in [0.4, 0.5) is 0 Å². The van der Waals surface area contributed by atoms with Gasteiger partial charge in [-0.15, -0.1) is 0 Å². The lowest BCUT2D eigenvalue weighted by molar-refractivity contribution is -0.149. The highest BCUT2D eigenvalue weighted by Gasteiger charge is 2.30. The number of halogens is 1. The van der Waals surface area contributed by atoms with Crippen LogP contribution in [0, 0.1) is 6.92 Å². The Morgan fingerprint density at radius 3 is 2.94 bits per heavy atom. The zero-order valence-electron chi connectivity index (χ0n) is 10.1. The fourth-order valence-corrected chi connectivity index (χ4v) is 2.21. The van der Waals surface area contributed by atoms with E-state index in [2.05, 4.69) is 0 Å². The van der Waals surface area contributed by atoms with Gasteiger partial charge in [-0.3, -0.25) is 0 Å². The van der Waals surface area contributed by atoms with E-state index < -0.39 is 12.1 Å². The summed E-state index contributed by atoms with van der Waals surface area (Å²) in [6.45, 7) is 2.28. The van der Waals surface area contributed by atoms with Gasteiger partial charge in [0.15, 0.2) is 6.10 Å². The molecular formula is C13H15ClO4. The first-order valence-corrected chi connectivity index (χ1v) is 6.21. The number of rotatable bonds is 4. The summed E-state index contributed by atoms with van der Waals surface area (Å²) >= 11 is 6.03. The molecule has 0 aromatic heterocycles.